The zero-order valence-corrected chi connectivity index (χ0v) is 32.1. The first-order chi connectivity index (χ1) is 25.5. The third-order valence-corrected chi connectivity index (χ3v) is 12.5. The lowest BCUT2D eigenvalue weighted by molar-refractivity contribution is -0.138. The Bertz CT molecular complexity index is 2230. The molecule has 53 heavy (non-hydrogen) atoms. The minimum atomic E-state index is -1.65. The fraction of sp³-hybridized carbons (Fsp3) is 0.250. The van der Waals surface area contributed by atoms with Gasteiger partial charge in [0.1, 0.15) is 17.2 Å². The van der Waals surface area contributed by atoms with Gasteiger partial charge in [0.05, 0.1) is 53.8 Å². The first-order valence-corrected chi connectivity index (χ1v) is 18.8. The number of benzene rings is 4. The molecule has 2 saturated heterocycles. The van der Waals surface area contributed by atoms with Crippen molar-refractivity contribution in [2.75, 3.05) is 24.5 Å². The van der Waals surface area contributed by atoms with Gasteiger partial charge >= 0.3 is 0 Å². The predicted octanol–water partition coefficient (Wildman–Crippen LogP) is 7.51. The van der Waals surface area contributed by atoms with Gasteiger partial charge in [0.15, 0.2) is 0 Å². The number of phenols is 1. The van der Waals surface area contributed by atoms with Crippen LogP contribution in [0.3, 0.4) is 0 Å². The third-order valence-electron chi connectivity index (χ3n) is 11.2. The van der Waals surface area contributed by atoms with Crippen molar-refractivity contribution in [1.82, 2.24) is 5.01 Å². The summed E-state index contributed by atoms with van der Waals surface area (Å²) in [5, 5.41) is 13.3. The van der Waals surface area contributed by atoms with Crippen LogP contribution in [0, 0.1) is 27.2 Å². The molecule has 0 aromatic heterocycles. The van der Waals surface area contributed by atoms with Gasteiger partial charge in [-0.25, -0.2) is 0 Å². The second-order valence-corrected chi connectivity index (χ2v) is 15.7. The monoisotopic (exact) mass is 863 g/mol. The van der Waals surface area contributed by atoms with Gasteiger partial charge in [-0.3, -0.25) is 29.5 Å². The summed E-state index contributed by atoms with van der Waals surface area (Å²) in [5.74, 6) is -5.32. The van der Waals surface area contributed by atoms with E-state index in [4.69, 9.17) is 32.7 Å². The Hall–Kier alpha value is -4.59. The quantitative estimate of drug-likeness (QED) is 0.111. The maximum atomic E-state index is 15.5. The molecule has 4 aromatic rings. The Kier molecular flexibility index (Phi) is 8.94. The van der Waals surface area contributed by atoms with Gasteiger partial charge in [0, 0.05) is 20.1 Å². The average molecular weight is 865 g/mol. The number of ether oxygens (including phenoxy) is 2. The van der Waals surface area contributed by atoms with Gasteiger partial charge in [-0.2, -0.15) is 5.01 Å². The van der Waals surface area contributed by atoms with Crippen LogP contribution in [-0.2, 0) is 24.6 Å². The number of halogens is 3. The van der Waals surface area contributed by atoms with E-state index in [1.54, 1.807) is 60.7 Å². The smallest absolute Gasteiger partial charge is 0.260 e. The summed E-state index contributed by atoms with van der Waals surface area (Å²) in [6, 6.07) is 23.6. The molecule has 2 heterocycles. The summed E-state index contributed by atoms with van der Waals surface area (Å²) < 4.78 is 12.3. The second kappa shape index (κ2) is 13.4. The molecule has 4 aromatic carbocycles. The van der Waals surface area contributed by atoms with Crippen molar-refractivity contribution in [2.24, 2.45) is 23.7 Å². The Labute approximate surface area is 328 Å². The van der Waals surface area contributed by atoms with Crippen molar-refractivity contribution in [3.63, 3.8) is 0 Å². The molecule has 0 radical (unpaired) electrons. The highest BCUT2D eigenvalue weighted by Crippen LogP contribution is 2.66. The number of methoxy groups -OCH3 is 2. The number of phenolic OH excluding ortho intramolecular Hbond substituents is 1. The number of hydrazine groups is 1. The lowest BCUT2D eigenvalue weighted by atomic mass is 9.49. The summed E-state index contributed by atoms with van der Waals surface area (Å²) in [4.78, 5) is 60.3. The Morgan fingerprint density at radius 1 is 0.868 bits per heavy atom. The number of carbonyl (C=O) groups is 4. The third kappa shape index (κ3) is 5.33. The number of anilines is 2. The number of hydrogen-bond donors (Lipinski definition) is 2. The Morgan fingerprint density at radius 3 is 2.28 bits per heavy atom. The van der Waals surface area contributed by atoms with Crippen LogP contribution in [0.25, 0.3) is 0 Å². The summed E-state index contributed by atoms with van der Waals surface area (Å²) >= 11 is 14.9. The Morgan fingerprint density at radius 2 is 1.60 bits per heavy atom. The van der Waals surface area contributed by atoms with E-state index in [9.17, 15) is 19.5 Å². The molecule has 4 aliphatic rings. The van der Waals surface area contributed by atoms with E-state index in [1.165, 1.54) is 31.3 Å². The van der Waals surface area contributed by atoms with Gasteiger partial charge in [0.25, 0.3) is 11.8 Å². The maximum absolute atomic E-state index is 15.5. The second-order valence-electron chi connectivity index (χ2n) is 13.6. The van der Waals surface area contributed by atoms with Gasteiger partial charge in [-0.15, -0.1) is 0 Å². The number of nitrogens with zero attached hydrogens (tertiary/aromatic N) is 2. The van der Waals surface area contributed by atoms with Crippen molar-refractivity contribution >= 4 is 80.8 Å². The van der Waals surface area contributed by atoms with Crippen molar-refractivity contribution < 1.29 is 33.8 Å². The fourth-order valence-electron chi connectivity index (χ4n) is 9.00. The number of allylic oxidation sites excluding steroid dienone is 2. The minimum Gasteiger partial charge on any atom is -0.508 e. The van der Waals surface area contributed by atoms with Crippen molar-refractivity contribution in [3.05, 3.63) is 121 Å². The molecular weight excluding hydrogens is 832 g/mol. The summed E-state index contributed by atoms with van der Waals surface area (Å²) in [6.07, 6.45) is 2.22. The van der Waals surface area contributed by atoms with Crippen LogP contribution in [0.1, 0.15) is 29.9 Å². The fourth-order valence-corrected chi connectivity index (χ4v) is 9.81. The molecule has 2 aliphatic carbocycles. The molecule has 10 nitrogen and oxygen atoms in total. The van der Waals surface area contributed by atoms with Gasteiger partial charge < -0.3 is 14.6 Å². The zero-order valence-electron chi connectivity index (χ0n) is 28.4. The number of nitrogens with one attached hydrogen (secondary N) is 1. The van der Waals surface area contributed by atoms with Crippen LogP contribution in [0.15, 0.2) is 96.6 Å². The number of imide groups is 2. The largest absolute Gasteiger partial charge is 0.508 e. The van der Waals surface area contributed by atoms with Gasteiger partial charge in [0.2, 0.25) is 11.8 Å². The van der Waals surface area contributed by atoms with E-state index in [-0.39, 0.29) is 41.1 Å². The van der Waals surface area contributed by atoms with E-state index in [1.807, 2.05) is 18.2 Å². The molecular formula is C40H32Cl2IN3O7. The first kappa shape index (κ1) is 35.4. The van der Waals surface area contributed by atoms with Crippen LogP contribution in [-0.4, -0.2) is 48.0 Å². The molecule has 3 fully saturated rings. The molecule has 6 unspecified atom stereocenters. The standard InChI is InChI=1S/C40H32Cl2IN3O7/c1-52-24-13-6-20(7-14-24)40-28(37(49)46(39(40)51)44-30-17-8-21(41)18-29(30)42)19-27-25(35(40)34-31(47)4-3-5-32(34)53-2)15-16-26-33(27)38(50)45(36(26)48)23-11-9-22(43)10-12-23/h3-15,17-18,26-28,33,35,44,47H,16,19H2,1-2H3. The molecule has 4 amide bonds. The zero-order chi connectivity index (χ0) is 37.3. The van der Waals surface area contributed by atoms with E-state index in [2.05, 4.69) is 28.0 Å². The SMILES string of the molecule is COc1ccc(C23C(=O)N(Nc4ccc(Cl)cc4Cl)C(=O)C2CC2C(=CCC4C(=O)N(c5ccc(I)cc5)C(=O)C42)C3c2c(O)cccc2OC)cc1. The van der Waals surface area contributed by atoms with E-state index in [0.29, 0.717) is 38.9 Å². The molecule has 2 N–H and O–H groups in total. The number of aromatic hydroxyl groups is 1. The predicted molar refractivity (Wildman–Crippen MR) is 207 cm³/mol. The molecule has 1 saturated carbocycles. The van der Waals surface area contributed by atoms with Crippen LogP contribution < -0.4 is 19.8 Å². The van der Waals surface area contributed by atoms with Crippen LogP contribution >= 0.6 is 45.8 Å². The molecule has 0 bridgehead atoms. The first-order valence-electron chi connectivity index (χ1n) is 16.9. The summed E-state index contributed by atoms with van der Waals surface area (Å²) in [5.41, 5.74) is 3.54. The number of rotatable bonds is 7. The highest BCUT2D eigenvalue weighted by Gasteiger charge is 2.71. The summed E-state index contributed by atoms with van der Waals surface area (Å²) in [6.45, 7) is 0. The van der Waals surface area contributed by atoms with Crippen molar-refractivity contribution in [2.45, 2.75) is 24.2 Å². The molecule has 270 valence electrons. The number of hydrogen-bond acceptors (Lipinski definition) is 8. The van der Waals surface area contributed by atoms with Gasteiger partial charge in [-0.05, 0) is 114 Å². The highest BCUT2D eigenvalue weighted by atomic mass is 127. The summed E-state index contributed by atoms with van der Waals surface area (Å²) in [7, 11) is 3.00. The molecule has 6 atom stereocenters. The lowest BCUT2D eigenvalue weighted by Crippen LogP contribution is -2.53. The van der Waals surface area contributed by atoms with Crippen LogP contribution in [0.4, 0.5) is 11.4 Å². The number of amides is 4. The molecule has 13 heteroatoms. The van der Waals surface area contributed by atoms with Crippen LogP contribution in [0.5, 0.6) is 17.2 Å². The molecule has 0 spiro atoms. The normalized spacial score (nSPS) is 26.2. The minimum absolute atomic E-state index is 0.0715. The van der Waals surface area contributed by atoms with Crippen molar-refractivity contribution in [3.8, 4) is 17.2 Å². The van der Waals surface area contributed by atoms with E-state index in [0.717, 1.165) is 8.58 Å². The number of carbonyl (C=O) groups excluding carboxylic acids is 4. The van der Waals surface area contributed by atoms with Crippen molar-refractivity contribution in [1.29, 1.82) is 0 Å². The lowest BCUT2D eigenvalue weighted by Gasteiger charge is -2.50. The van der Waals surface area contributed by atoms with Gasteiger partial charge in [-0.1, -0.05) is 53.1 Å². The highest BCUT2D eigenvalue weighted by molar-refractivity contribution is 14.1. The average Bonchev–Trinajstić information content (AvgIpc) is 3.53. The number of fused-ring (bicyclic) bond motifs is 4. The van der Waals surface area contributed by atoms with E-state index < -0.39 is 46.8 Å². The molecule has 8 rings (SSSR count). The van der Waals surface area contributed by atoms with Crippen LogP contribution in [0.2, 0.25) is 10.0 Å². The topological polar surface area (TPSA) is 125 Å². The maximum Gasteiger partial charge on any atom is 0.260 e. The Balaban J connectivity index is 1.36. The van der Waals surface area contributed by atoms with E-state index >= 15 is 4.79 Å². The molecule has 2 aliphatic heterocycles.